The van der Waals surface area contributed by atoms with E-state index >= 15 is 0 Å². The van der Waals surface area contributed by atoms with Crippen LogP contribution in [0.1, 0.15) is 6.92 Å². The molecule has 3 unspecified atom stereocenters. The zero-order valence-electron chi connectivity index (χ0n) is 7.67. The summed E-state index contributed by atoms with van der Waals surface area (Å²) in [7, 11) is -9.12. The van der Waals surface area contributed by atoms with Crippen molar-refractivity contribution >= 4 is 15.4 Å². The van der Waals surface area contributed by atoms with Gasteiger partial charge in [0, 0.05) is 6.66 Å². The second-order valence-corrected chi connectivity index (χ2v) is 6.66. The Labute approximate surface area is 81.1 Å². The summed E-state index contributed by atoms with van der Waals surface area (Å²) in [6.07, 6.45) is 0. The molecule has 7 nitrogen and oxygen atoms in total. The first-order valence-corrected chi connectivity index (χ1v) is 7.16. The van der Waals surface area contributed by atoms with Crippen LogP contribution in [0.3, 0.4) is 0 Å². The van der Waals surface area contributed by atoms with E-state index in [-0.39, 0.29) is 6.61 Å². The Morgan fingerprint density at radius 2 is 2.00 bits per heavy atom. The fraction of sp³-hybridized carbons (Fsp3) is 1.00. The van der Waals surface area contributed by atoms with Crippen LogP contribution in [-0.2, 0) is 22.7 Å². The monoisotopic (exact) mass is 244 g/mol. The number of epoxide rings is 1. The fourth-order valence-electron chi connectivity index (χ4n) is 0.627. The van der Waals surface area contributed by atoms with Gasteiger partial charge in [0.15, 0.2) is 0 Å². The van der Waals surface area contributed by atoms with Gasteiger partial charge < -0.3 is 23.6 Å². The van der Waals surface area contributed by atoms with Crippen molar-refractivity contribution < 1.29 is 32.5 Å². The molecule has 9 heteroatoms. The summed E-state index contributed by atoms with van der Waals surface area (Å²) >= 11 is 0. The Kier molecular flexibility index (Phi) is 3.24. The third-order valence-corrected chi connectivity index (χ3v) is 3.85. The molecule has 0 aliphatic carbocycles. The van der Waals surface area contributed by atoms with Gasteiger partial charge in [-0.2, -0.15) is 0 Å². The van der Waals surface area contributed by atoms with Gasteiger partial charge in [0.2, 0.25) is 0 Å². The number of hydrogen-bond acceptors (Lipinski definition) is 7. The fourth-order valence-corrected chi connectivity index (χ4v) is 2.70. The first-order valence-electron chi connectivity index (χ1n) is 3.71. The van der Waals surface area contributed by atoms with Gasteiger partial charge in [-0.3, -0.25) is 8.88 Å². The Balaban J connectivity index is 2.41. The zero-order valence-corrected chi connectivity index (χ0v) is 9.46. The van der Waals surface area contributed by atoms with Crippen LogP contribution in [0.25, 0.3) is 0 Å². The minimum absolute atomic E-state index is 0.242. The molecule has 14 heavy (non-hydrogen) atoms. The van der Waals surface area contributed by atoms with Crippen LogP contribution in [-0.4, -0.2) is 25.5 Å². The molecule has 0 aromatic rings. The Hall–Kier alpha value is 0.260. The van der Waals surface area contributed by atoms with Gasteiger partial charge in [-0.05, 0) is 6.92 Å². The molecule has 1 aliphatic rings. The molecule has 84 valence electrons. The van der Waals surface area contributed by atoms with Crippen molar-refractivity contribution in [3.63, 3.8) is 0 Å². The highest BCUT2D eigenvalue weighted by Gasteiger charge is 2.40. The van der Waals surface area contributed by atoms with Crippen LogP contribution in [0.15, 0.2) is 0 Å². The molecule has 1 rings (SSSR count). The van der Waals surface area contributed by atoms with Gasteiger partial charge in [-0.25, -0.2) is 0 Å². The summed E-state index contributed by atoms with van der Waals surface area (Å²) in [4.78, 5) is 21.4. The molecule has 0 bridgehead atoms. The minimum Gasteiger partial charge on any atom is -0.778 e. The van der Waals surface area contributed by atoms with Crippen molar-refractivity contribution in [1.29, 1.82) is 0 Å². The normalized spacial score (nSPS) is 34.6. The topological polar surface area (TPSA) is 111 Å². The van der Waals surface area contributed by atoms with Crippen molar-refractivity contribution in [1.82, 2.24) is 0 Å². The lowest BCUT2D eigenvalue weighted by Gasteiger charge is -2.29. The molecule has 0 aromatic carbocycles. The highest BCUT2D eigenvalue weighted by Crippen LogP contribution is 2.53. The van der Waals surface area contributed by atoms with Crippen LogP contribution in [0.4, 0.5) is 0 Å². The van der Waals surface area contributed by atoms with Crippen LogP contribution >= 0.6 is 15.4 Å². The third kappa shape index (κ3) is 4.66. The molecule has 1 saturated heterocycles. The van der Waals surface area contributed by atoms with Crippen molar-refractivity contribution in [3.05, 3.63) is 0 Å². The van der Waals surface area contributed by atoms with Crippen molar-refractivity contribution in [2.24, 2.45) is 0 Å². The molecule has 0 spiro atoms. The van der Waals surface area contributed by atoms with E-state index in [1.54, 1.807) is 6.92 Å². The van der Waals surface area contributed by atoms with E-state index in [2.05, 4.69) is 8.83 Å². The highest BCUT2D eigenvalue weighted by molar-refractivity contribution is 7.62. The lowest BCUT2D eigenvalue weighted by Crippen LogP contribution is -2.18. The van der Waals surface area contributed by atoms with E-state index in [0.29, 0.717) is 13.3 Å². The molecule has 3 atom stereocenters. The van der Waals surface area contributed by atoms with E-state index in [4.69, 9.17) is 4.74 Å². The molecular formula is C5H10O7P2-2. The Morgan fingerprint density at radius 1 is 1.50 bits per heavy atom. The smallest absolute Gasteiger partial charge is 0.272 e. The average molecular weight is 244 g/mol. The second kappa shape index (κ2) is 3.68. The van der Waals surface area contributed by atoms with Gasteiger partial charge in [0.1, 0.15) is 13.2 Å². The van der Waals surface area contributed by atoms with Crippen molar-refractivity contribution in [2.75, 3.05) is 19.9 Å². The van der Waals surface area contributed by atoms with Crippen LogP contribution in [0, 0.1) is 0 Å². The first-order chi connectivity index (χ1) is 6.12. The van der Waals surface area contributed by atoms with Crippen LogP contribution in [0.2, 0.25) is 0 Å². The van der Waals surface area contributed by atoms with E-state index in [0.717, 1.165) is 0 Å². The highest BCUT2D eigenvalue weighted by atomic mass is 31.3. The molecule has 0 amide bonds. The summed E-state index contributed by atoms with van der Waals surface area (Å²) in [5.41, 5.74) is -0.635. The van der Waals surface area contributed by atoms with Gasteiger partial charge >= 0.3 is 0 Å². The van der Waals surface area contributed by atoms with Crippen LogP contribution < -0.4 is 9.79 Å². The van der Waals surface area contributed by atoms with Gasteiger partial charge in [-0.15, -0.1) is 0 Å². The van der Waals surface area contributed by atoms with Crippen LogP contribution in [0.5, 0.6) is 0 Å². The minimum atomic E-state index is -4.78. The van der Waals surface area contributed by atoms with Gasteiger partial charge in [0.25, 0.3) is 7.82 Å². The molecule has 0 N–H and O–H groups in total. The predicted octanol–water partition coefficient (Wildman–Crippen LogP) is -0.540. The number of phosphoric acid groups is 1. The lowest BCUT2D eigenvalue weighted by molar-refractivity contribution is -0.231. The van der Waals surface area contributed by atoms with Crippen molar-refractivity contribution in [3.8, 4) is 0 Å². The summed E-state index contributed by atoms with van der Waals surface area (Å²) in [6, 6.07) is 0. The average Bonchev–Trinajstić information content (AvgIpc) is 2.61. The molecule has 0 radical (unpaired) electrons. The van der Waals surface area contributed by atoms with Crippen molar-refractivity contribution in [2.45, 2.75) is 12.5 Å². The first kappa shape index (κ1) is 12.3. The van der Waals surface area contributed by atoms with Gasteiger partial charge in [-0.1, -0.05) is 0 Å². The lowest BCUT2D eigenvalue weighted by atomic mass is 10.2. The maximum Gasteiger partial charge on any atom is 0.272 e. The summed E-state index contributed by atoms with van der Waals surface area (Å²) in [5.74, 6) is 0. The van der Waals surface area contributed by atoms with E-state index in [1.165, 1.54) is 0 Å². The summed E-state index contributed by atoms with van der Waals surface area (Å²) < 4.78 is 34.3. The van der Waals surface area contributed by atoms with E-state index in [9.17, 15) is 18.9 Å². The van der Waals surface area contributed by atoms with E-state index in [1.807, 2.05) is 0 Å². The second-order valence-electron chi connectivity index (χ2n) is 3.31. The number of hydrogen-bond donors (Lipinski definition) is 0. The standard InChI is InChI=1S/C5H12O7P2/c1-5(3-10-5)4-11-14(8,9)12-13(2,6)7/h3-4H2,1-2H3,(H,6,7)(H,8,9)/p-2. The summed E-state index contributed by atoms with van der Waals surface area (Å²) in [6.45, 7) is 2.42. The Morgan fingerprint density at radius 3 is 2.36 bits per heavy atom. The maximum atomic E-state index is 10.9. The molecule has 1 aliphatic heterocycles. The molecule has 0 saturated carbocycles. The SMILES string of the molecule is CC1(COP(=O)([O-])OP(C)(=O)[O-])CO1. The quantitative estimate of drug-likeness (QED) is 0.471. The van der Waals surface area contributed by atoms with E-state index < -0.39 is 21.0 Å². The predicted molar refractivity (Wildman–Crippen MR) is 42.5 cm³/mol. The van der Waals surface area contributed by atoms with Gasteiger partial charge in [0.05, 0.1) is 13.2 Å². The molecular weight excluding hydrogens is 234 g/mol. The molecule has 0 aromatic heterocycles. The summed E-state index contributed by atoms with van der Waals surface area (Å²) in [5, 5.41) is 0. The largest absolute Gasteiger partial charge is 0.778 e. The third-order valence-electron chi connectivity index (χ3n) is 1.41. The zero-order chi connectivity index (χ0) is 11.0. The molecule has 1 fully saturated rings. The molecule has 1 heterocycles. The number of ether oxygens (including phenoxy) is 1. The Bertz CT molecular complexity index is 303. The number of rotatable bonds is 5. The maximum absolute atomic E-state index is 10.9. The number of phosphoric ester groups is 1.